The van der Waals surface area contributed by atoms with E-state index < -0.39 is 22.5 Å². The van der Waals surface area contributed by atoms with E-state index in [9.17, 15) is 18.0 Å². The zero-order chi connectivity index (χ0) is 21.3. The average Bonchev–Trinajstić information content (AvgIpc) is 2.91. The lowest BCUT2D eigenvalue weighted by Gasteiger charge is -2.24. The molecule has 0 aliphatic rings. The first-order valence-electron chi connectivity index (χ1n) is 8.76. The number of benzene rings is 2. The van der Waals surface area contributed by atoms with Gasteiger partial charge in [0.05, 0.1) is 33.2 Å². The molecule has 0 saturated heterocycles. The Bertz CT molecular complexity index is 1250. The summed E-state index contributed by atoms with van der Waals surface area (Å²) in [5.41, 5.74) is 0.924. The zero-order valence-corrected chi connectivity index (χ0v) is 17.7. The number of imidazole rings is 1. The Kier molecular flexibility index (Phi) is 5.72. The monoisotopic (exact) mass is 437 g/mol. The number of nitrogens with zero attached hydrogens (tertiary/aromatic N) is 3. The number of fused-ring (bicyclic) bond motifs is 1. The van der Waals surface area contributed by atoms with Crippen molar-refractivity contribution in [2.75, 3.05) is 17.5 Å². The van der Waals surface area contributed by atoms with Crippen LogP contribution in [0.4, 0.5) is 5.69 Å². The molecule has 3 rings (SSSR count). The standard InChI is InChI=1S/C19H20ClN3O5S/c1-4-28-18(24)12-23(15-8-6-5-7-14(15)20)29(26,27)13-9-10-16-17(11-13)22(3)19(25)21(16)2/h5-11H,4,12H2,1-3H3. The van der Waals surface area contributed by atoms with Gasteiger partial charge in [0.1, 0.15) is 6.54 Å². The molecule has 0 aliphatic carbocycles. The lowest BCUT2D eigenvalue weighted by Crippen LogP contribution is -2.36. The minimum atomic E-state index is -4.18. The van der Waals surface area contributed by atoms with Crippen LogP contribution in [0.3, 0.4) is 0 Å². The third kappa shape index (κ3) is 3.75. The van der Waals surface area contributed by atoms with Crippen LogP contribution in [0, 0.1) is 0 Å². The summed E-state index contributed by atoms with van der Waals surface area (Å²) in [6.07, 6.45) is 0. The summed E-state index contributed by atoms with van der Waals surface area (Å²) >= 11 is 6.21. The number of carbonyl (C=O) groups excluding carboxylic acids is 1. The summed E-state index contributed by atoms with van der Waals surface area (Å²) in [6, 6.07) is 10.7. The van der Waals surface area contributed by atoms with Crippen molar-refractivity contribution in [3.05, 3.63) is 58.0 Å². The molecule has 0 unspecified atom stereocenters. The summed E-state index contributed by atoms with van der Waals surface area (Å²) in [7, 11) is -1.01. The predicted octanol–water partition coefficient (Wildman–Crippen LogP) is 2.29. The number of sulfonamides is 1. The minimum absolute atomic E-state index is 0.0737. The number of hydrogen-bond donors (Lipinski definition) is 0. The normalized spacial score (nSPS) is 11.6. The number of rotatable bonds is 6. The molecule has 0 aliphatic heterocycles. The first-order chi connectivity index (χ1) is 13.7. The third-order valence-corrected chi connectivity index (χ3v) is 6.61. The van der Waals surface area contributed by atoms with Crippen LogP contribution >= 0.6 is 11.6 Å². The van der Waals surface area contributed by atoms with E-state index in [1.54, 1.807) is 39.2 Å². The second-order valence-corrected chi connectivity index (χ2v) is 8.59. The van der Waals surface area contributed by atoms with Gasteiger partial charge in [0, 0.05) is 14.1 Å². The van der Waals surface area contributed by atoms with E-state index in [1.165, 1.54) is 33.4 Å². The molecule has 0 radical (unpaired) electrons. The fraction of sp³-hybridized carbons (Fsp3) is 0.263. The van der Waals surface area contributed by atoms with Crippen LogP contribution in [-0.4, -0.2) is 36.7 Å². The SMILES string of the molecule is CCOC(=O)CN(c1ccccc1Cl)S(=O)(=O)c1ccc2c(c1)n(C)c(=O)n2C. The van der Waals surface area contributed by atoms with Gasteiger partial charge in [-0.15, -0.1) is 0 Å². The third-order valence-electron chi connectivity index (χ3n) is 4.53. The fourth-order valence-corrected chi connectivity index (χ4v) is 4.79. The zero-order valence-electron chi connectivity index (χ0n) is 16.1. The average molecular weight is 438 g/mol. The highest BCUT2D eigenvalue weighted by Crippen LogP contribution is 2.31. The van der Waals surface area contributed by atoms with E-state index in [1.807, 2.05) is 0 Å². The highest BCUT2D eigenvalue weighted by Gasteiger charge is 2.30. The van der Waals surface area contributed by atoms with E-state index in [0.717, 1.165) is 4.31 Å². The second-order valence-electron chi connectivity index (χ2n) is 6.32. The molecule has 0 N–H and O–H groups in total. The molecule has 29 heavy (non-hydrogen) atoms. The lowest BCUT2D eigenvalue weighted by atomic mass is 10.3. The topological polar surface area (TPSA) is 90.6 Å². The number of halogens is 1. The molecule has 2 aromatic carbocycles. The van der Waals surface area contributed by atoms with Crippen LogP contribution in [0.2, 0.25) is 5.02 Å². The molecule has 0 spiro atoms. The maximum absolute atomic E-state index is 13.4. The van der Waals surface area contributed by atoms with Crippen molar-refractivity contribution in [1.82, 2.24) is 9.13 Å². The van der Waals surface area contributed by atoms with Gasteiger partial charge in [0.2, 0.25) is 0 Å². The van der Waals surface area contributed by atoms with E-state index in [-0.39, 0.29) is 27.9 Å². The lowest BCUT2D eigenvalue weighted by molar-refractivity contribution is -0.141. The van der Waals surface area contributed by atoms with Crippen molar-refractivity contribution in [1.29, 1.82) is 0 Å². The van der Waals surface area contributed by atoms with Crippen LogP contribution in [0.1, 0.15) is 6.92 Å². The number of aryl methyl sites for hydroxylation is 2. The number of ether oxygens (including phenoxy) is 1. The molecule has 1 aromatic heterocycles. The largest absolute Gasteiger partial charge is 0.465 e. The molecule has 0 atom stereocenters. The Labute approximate surface area is 172 Å². The van der Waals surface area contributed by atoms with Crippen molar-refractivity contribution >= 4 is 44.3 Å². The Morgan fingerprint density at radius 2 is 1.76 bits per heavy atom. The summed E-state index contributed by atoms with van der Waals surface area (Å²) in [4.78, 5) is 24.2. The first kappa shape index (κ1) is 20.9. The summed E-state index contributed by atoms with van der Waals surface area (Å²) in [5.74, 6) is -0.704. The van der Waals surface area contributed by atoms with Crippen LogP contribution in [-0.2, 0) is 33.7 Å². The number of para-hydroxylation sites is 1. The van der Waals surface area contributed by atoms with Gasteiger partial charge in [-0.25, -0.2) is 13.2 Å². The maximum Gasteiger partial charge on any atom is 0.328 e. The van der Waals surface area contributed by atoms with E-state index in [4.69, 9.17) is 16.3 Å². The number of anilines is 1. The Morgan fingerprint density at radius 3 is 2.41 bits per heavy atom. The molecule has 0 bridgehead atoms. The minimum Gasteiger partial charge on any atom is -0.465 e. The molecule has 10 heteroatoms. The fourth-order valence-electron chi connectivity index (χ4n) is 3.05. The molecule has 154 valence electrons. The summed E-state index contributed by atoms with van der Waals surface area (Å²) in [6.45, 7) is 1.22. The van der Waals surface area contributed by atoms with Gasteiger partial charge >= 0.3 is 11.7 Å². The molecular formula is C19H20ClN3O5S. The molecular weight excluding hydrogens is 418 g/mol. The van der Waals surface area contributed by atoms with E-state index in [2.05, 4.69) is 0 Å². The number of carbonyl (C=O) groups is 1. The van der Waals surface area contributed by atoms with Gasteiger partial charge in [-0.05, 0) is 37.3 Å². The molecule has 0 saturated carbocycles. The molecule has 0 fully saturated rings. The van der Waals surface area contributed by atoms with Gasteiger partial charge in [0.25, 0.3) is 10.0 Å². The Hall–Kier alpha value is -2.78. The van der Waals surface area contributed by atoms with Crippen LogP contribution in [0.25, 0.3) is 11.0 Å². The summed E-state index contributed by atoms with van der Waals surface area (Å²) in [5, 5.41) is 0.175. The highest BCUT2D eigenvalue weighted by atomic mass is 35.5. The molecule has 0 amide bonds. The van der Waals surface area contributed by atoms with Crippen molar-refractivity contribution in [3.63, 3.8) is 0 Å². The van der Waals surface area contributed by atoms with Crippen LogP contribution < -0.4 is 9.99 Å². The van der Waals surface area contributed by atoms with Crippen molar-refractivity contribution in [2.45, 2.75) is 11.8 Å². The van der Waals surface area contributed by atoms with Gasteiger partial charge in [-0.3, -0.25) is 18.2 Å². The molecule has 3 aromatic rings. The smallest absolute Gasteiger partial charge is 0.328 e. The summed E-state index contributed by atoms with van der Waals surface area (Å²) < 4.78 is 35.5. The Balaban J connectivity index is 2.17. The number of aromatic nitrogens is 2. The first-order valence-corrected chi connectivity index (χ1v) is 10.6. The van der Waals surface area contributed by atoms with Crippen molar-refractivity contribution < 1.29 is 17.9 Å². The van der Waals surface area contributed by atoms with Crippen LogP contribution in [0.5, 0.6) is 0 Å². The second kappa shape index (κ2) is 7.92. The quantitative estimate of drug-likeness (QED) is 0.552. The van der Waals surface area contributed by atoms with Crippen molar-refractivity contribution in [2.24, 2.45) is 14.1 Å². The number of hydrogen-bond acceptors (Lipinski definition) is 5. The van der Waals surface area contributed by atoms with Gasteiger partial charge in [-0.1, -0.05) is 23.7 Å². The molecule has 1 heterocycles. The molecule has 8 nitrogen and oxygen atoms in total. The van der Waals surface area contributed by atoms with Gasteiger partial charge in [-0.2, -0.15) is 0 Å². The van der Waals surface area contributed by atoms with Gasteiger partial charge in [0.15, 0.2) is 0 Å². The number of esters is 1. The Morgan fingerprint density at radius 1 is 1.10 bits per heavy atom. The van der Waals surface area contributed by atoms with Crippen molar-refractivity contribution in [3.8, 4) is 0 Å². The van der Waals surface area contributed by atoms with E-state index >= 15 is 0 Å². The van der Waals surface area contributed by atoms with Crippen LogP contribution in [0.15, 0.2) is 52.2 Å². The predicted molar refractivity (Wildman–Crippen MR) is 111 cm³/mol. The maximum atomic E-state index is 13.4. The highest BCUT2D eigenvalue weighted by molar-refractivity contribution is 7.92. The van der Waals surface area contributed by atoms with Gasteiger partial charge < -0.3 is 4.74 Å². The van der Waals surface area contributed by atoms with E-state index in [0.29, 0.717) is 11.0 Å².